The summed E-state index contributed by atoms with van der Waals surface area (Å²) in [6, 6.07) is 7.33. The number of aryl methyl sites for hydroxylation is 1. The van der Waals surface area contributed by atoms with Gasteiger partial charge in [0.15, 0.2) is 0 Å². The van der Waals surface area contributed by atoms with Gasteiger partial charge in [-0.1, -0.05) is 23.7 Å². The molecule has 4 nitrogen and oxygen atoms in total. The minimum atomic E-state index is 0.00933. The Kier molecular flexibility index (Phi) is 2.55. The predicted molar refractivity (Wildman–Crippen MR) is 60.8 cm³/mol. The maximum absolute atomic E-state index is 8.72. The van der Waals surface area contributed by atoms with Gasteiger partial charge in [0, 0.05) is 0 Å². The van der Waals surface area contributed by atoms with Crippen molar-refractivity contribution in [3.8, 4) is 17.5 Å². The Hall–Kier alpha value is -1.99. The summed E-state index contributed by atoms with van der Waals surface area (Å²) in [7, 11) is 0. The highest BCUT2D eigenvalue weighted by Gasteiger charge is 2.14. The number of rotatable bonds is 1. The number of hydrogen-bond donors (Lipinski definition) is 1. The second-order valence-electron chi connectivity index (χ2n) is 3.28. The van der Waals surface area contributed by atoms with E-state index in [0.717, 1.165) is 5.56 Å². The van der Waals surface area contributed by atoms with Crippen LogP contribution in [0.5, 0.6) is 0 Å². The fraction of sp³-hybridized carbons (Fsp3) is 0.0909. The van der Waals surface area contributed by atoms with E-state index in [1.165, 1.54) is 0 Å². The van der Waals surface area contributed by atoms with E-state index in [0.29, 0.717) is 10.6 Å². The number of halogens is 1. The van der Waals surface area contributed by atoms with Crippen LogP contribution >= 0.6 is 11.6 Å². The van der Waals surface area contributed by atoms with Crippen LogP contribution in [0.15, 0.2) is 22.6 Å². The molecule has 1 aromatic carbocycles. The smallest absolute Gasteiger partial charge is 0.231 e. The van der Waals surface area contributed by atoms with E-state index in [-0.39, 0.29) is 17.5 Å². The van der Waals surface area contributed by atoms with Gasteiger partial charge < -0.3 is 10.2 Å². The molecule has 0 unspecified atom stereocenters. The van der Waals surface area contributed by atoms with Crippen molar-refractivity contribution in [3.05, 3.63) is 34.5 Å². The summed E-state index contributed by atoms with van der Waals surface area (Å²) < 4.78 is 5.19. The number of aromatic nitrogens is 1. The number of nitrogens with zero attached hydrogens (tertiary/aromatic N) is 2. The number of nitrogens with two attached hydrogens (primary N) is 1. The highest BCUT2D eigenvalue weighted by Crippen LogP contribution is 2.31. The van der Waals surface area contributed by atoms with Crippen LogP contribution in [-0.2, 0) is 0 Å². The average molecular weight is 234 g/mol. The van der Waals surface area contributed by atoms with Gasteiger partial charge in [-0.15, -0.1) is 0 Å². The van der Waals surface area contributed by atoms with Crippen molar-refractivity contribution in [1.29, 1.82) is 5.26 Å². The lowest BCUT2D eigenvalue weighted by molar-refractivity contribution is 0.593. The fourth-order valence-corrected chi connectivity index (χ4v) is 1.55. The summed E-state index contributed by atoms with van der Waals surface area (Å²) in [4.78, 5) is 3.96. The van der Waals surface area contributed by atoms with Crippen LogP contribution in [0, 0.1) is 18.3 Å². The molecule has 0 spiro atoms. The SMILES string of the molecule is Cc1cccc(-c2nc(C#N)c(N)o2)c1Cl. The van der Waals surface area contributed by atoms with E-state index in [4.69, 9.17) is 27.0 Å². The van der Waals surface area contributed by atoms with Crippen LogP contribution in [0.1, 0.15) is 11.3 Å². The van der Waals surface area contributed by atoms with E-state index in [1.807, 2.05) is 25.1 Å². The van der Waals surface area contributed by atoms with Crippen LogP contribution < -0.4 is 5.73 Å². The van der Waals surface area contributed by atoms with Crippen molar-refractivity contribution in [3.63, 3.8) is 0 Å². The van der Waals surface area contributed by atoms with Gasteiger partial charge in [0.25, 0.3) is 0 Å². The molecule has 16 heavy (non-hydrogen) atoms. The molecule has 0 saturated heterocycles. The first-order valence-electron chi connectivity index (χ1n) is 4.55. The molecule has 0 aliphatic carbocycles. The molecule has 2 N–H and O–H groups in total. The Bertz CT molecular complexity index is 583. The minimum Gasteiger partial charge on any atom is -0.419 e. The predicted octanol–water partition coefficient (Wildman–Crippen LogP) is 2.76. The summed E-state index contributed by atoms with van der Waals surface area (Å²) in [6.45, 7) is 1.88. The molecule has 0 radical (unpaired) electrons. The van der Waals surface area contributed by atoms with Gasteiger partial charge in [0.05, 0.1) is 10.6 Å². The van der Waals surface area contributed by atoms with Crippen LogP contribution in [0.2, 0.25) is 5.02 Å². The first kappa shape index (κ1) is 10.5. The molecule has 1 aromatic heterocycles. The number of nitriles is 1. The van der Waals surface area contributed by atoms with Crippen LogP contribution in [-0.4, -0.2) is 4.98 Å². The monoisotopic (exact) mass is 233 g/mol. The zero-order chi connectivity index (χ0) is 11.7. The molecule has 5 heteroatoms. The third-order valence-corrected chi connectivity index (χ3v) is 2.68. The van der Waals surface area contributed by atoms with Crippen LogP contribution in [0.25, 0.3) is 11.5 Å². The molecule has 2 rings (SSSR count). The molecular formula is C11H8ClN3O. The molecule has 2 aromatic rings. The van der Waals surface area contributed by atoms with Gasteiger partial charge >= 0.3 is 0 Å². The first-order chi connectivity index (χ1) is 7.63. The molecule has 0 fully saturated rings. The van der Waals surface area contributed by atoms with E-state index in [1.54, 1.807) is 6.07 Å². The van der Waals surface area contributed by atoms with Gasteiger partial charge in [-0.05, 0) is 18.6 Å². The molecule has 0 aliphatic rings. The highest BCUT2D eigenvalue weighted by atomic mass is 35.5. The first-order valence-corrected chi connectivity index (χ1v) is 4.93. The largest absolute Gasteiger partial charge is 0.419 e. The van der Waals surface area contributed by atoms with E-state index >= 15 is 0 Å². The number of hydrogen-bond acceptors (Lipinski definition) is 4. The summed E-state index contributed by atoms with van der Waals surface area (Å²) >= 11 is 6.11. The maximum Gasteiger partial charge on any atom is 0.231 e. The van der Waals surface area contributed by atoms with E-state index < -0.39 is 0 Å². The lowest BCUT2D eigenvalue weighted by Gasteiger charge is -2.01. The Morgan fingerprint density at radius 2 is 2.25 bits per heavy atom. The van der Waals surface area contributed by atoms with Crippen molar-refractivity contribution >= 4 is 17.5 Å². The maximum atomic E-state index is 8.72. The lowest BCUT2D eigenvalue weighted by atomic mass is 10.1. The quantitative estimate of drug-likeness (QED) is 0.822. The van der Waals surface area contributed by atoms with Gasteiger partial charge in [0.2, 0.25) is 17.5 Å². The average Bonchev–Trinajstić information content (AvgIpc) is 2.63. The van der Waals surface area contributed by atoms with Crippen LogP contribution in [0.4, 0.5) is 5.88 Å². The highest BCUT2D eigenvalue weighted by molar-refractivity contribution is 6.33. The van der Waals surface area contributed by atoms with E-state index in [2.05, 4.69) is 4.98 Å². The second kappa shape index (κ2) is 3.87. The van der Waals surface area contributed by atoms with Crippen molar-refractivity contribution in [2.45, 2.75) is 6.92 Å². The zero-order valence-corrected chi connectivity index (χ0v) is 9.25. The molecule has 0 atom stereocenters. The van der Waals surface area contributed by atoms with Crippen LogP contribution in [0.3, 0.4) is 0 Å². The molecule has 0 amide bonds. The molecule has 1 heterocycles. The van der Waals surface area contributed by atoms with Crippen molar-refractivity contribution < 1.29 is 4.42 Å². The lowest BCUT2D eigenvalue weighted by Crippen LogP contribution is -1.84. The molecule has 80 valence electrons. The normalized spacial score (nSPS) is 10.1. The Balaban J connectivity index is 2.60. The summed E-state index contributed by atoms with van der Waals surface area (Å²) in [6.07, 6.45) is 0. The van der Waals surface area contributed by atoms with Crippen molar-refractivity contribution in [2.24, 2.45) is 0 Å². The number of oxazole rings is 1. The third kappa shape index (κ3) is 1.62. The standard InChI is InChI=1S/C11H8ClN3O/c1-6-3-2-4-7(9(6)12)11-15-8(5-13)10(14)16-11/h2-4H,14H2,1H3. The number of anilines is 1. The van der Waals surface area contributed by atoms with Gasteiger partial charge in [-0.3, -0.25) is 0 Å². The molecule has 0 saturated carbocycles. The van der Waals surface area contributed by atoms with Gasteiger partial charge in [-0.2, -0.15) is 10.2 Å². The molecular weight excluding hydrogens is 226 g/mol. The Morgan fingerprint density at radius 3 is 2.88 bits per heavy atom. The van der Waals surface area contributed by atoms with Gasteiger partial charge in [-0.25, -0.2) is 0 Å². The Labute approximate surface area is 97.3 Å². The summed E-state index contributed by atoms with van der Waals surface area (Å²) in [5, 5.41) is 9.27. The second-order valence-corrected chi connectivity index (χ2v) is 3.66. The third-order valence-electron chi connectivity index (χ3n) is 2.18. The summed E-state index contributed by atoms with van der Waals surface area (Å²) in [5.74, 6) is 0.276. The minimum absolute atomic E-state index is 0.00933. The Morgan fingerprint density at radius 1 is 1.50 bits per heavy atom. The number of benzene rings is 1. The van der Waals surface area contributed by atoms with Crippen molar-refractivity contribution in [2.75, 3.05) is 5.73 Å². The molecule has 0 aliphatic heterocycles. The molecule has 0 bridgehead atoms. The fourth-order valence-electron chi connectivity index (χ4n) is 1.34. The summed E-state index contributed by atoms with van der Waals surface area (Å²) in [5.41, 5.74) is 7.10. The number of nitrogen functional groups attached to an aromatic ring is 1. The van der Waals surface area contributed by atoms with E-state index in [9.17, 15) is 0 Å². The van der Waals surface area contributed by atoms with Crippen molar-refractivity contribution in [1.82, 2.24) is 4.98 Å². The van der Waals surface area contributed by atoms with Gasteiger partial charge in [0.1, 0.15) is 6.07 Å². The topological polar surface area (TPSA) is 75.8 Å². The zero-order valence-electron chi connectivity index (χ0n) is 8.49.